The lowest BCUT2D eigenvalue weighted by Gasteiger charge is -2.15. The largest absolute Gasteiger partial charge is 0.280 e. The number of hydrogen-bond acceptors (Lipinski definition) is 1. The molecule has 0 N–H and O–H groups in total. The van der Waals surface area contributed by atoms with Crippen LogP contribution in [0.25, 0.3) is 10.9 Å². The van der Waals surface area contributed by atoms with Crippen molar-refractivity contribution < 1.29 is 4.79 Å². The van der Waals surface area contributed by atoms with Crippen LogP contribution in [-0.2, 0) is 12.8 Å². The Bertz CT molecular complexity index is 864. The highest BCUT2D eigenvalue weighted by molar-refractivity contribution is 9.10. The van der Waals surface area contributed by atoms with E-state index in [1.807, 2.05) is 41.0 Å². The van der Waals surface area contributed by atoms with Crippen molar-refractivity contribution in [2.75, 3.05) is 0 Å². The Labute approximate surface area is 137 Å². The second-order valence-electron chi connectivity index (χ2n) is 5.80. The van der Waals surface area contributed by atoms with Gasteiger partial charge in [0.25, 0.3) is 5.91 Å². The van der Waals surface area contributed by atoms with E-state index < -0.39 is 0 Å². The van der Waals surface area contributed by atoms with E-state index in [0.717, 1.165) is 34.8 Å². The first-order chi connectivity index (χ1) is 10.8. The topological polar surface area (TPSA) is 22.0 Å². The molecule has 2 aromatic carbocycles. The lowest BCUT2D eigenvalue weighted by molar-refractivity contribution is 0.0961. The first-order valence-corrected chi connectivity index (χ1v) is 8.46. The minimum atomic E-state index is 0.0797. The molecule has 0 saturated heterocycles. The highest BCUT2D eigenvalue weighted by Gasteiger charge is 2.24. The van der Waals surface area contributed by atoms with Crippen LogP contribution in [0.1, 0.15) is 34.5 Å². The number of rotatable bonds is 1. The molecule has 4 rings (SSSR count). The summed E-state index contributed by atoms with van der Waals surface area (Å²) >= 11 is 3.56. The predicted octanol–water partition coefficient (Wildman–Crippen LogP) is 4.97. The molecule has 0 amide bonds. The van der Waals surface area contributed by atoms with Crippen LogP contribution in [0.2, 0.25) is 0 Å². The van der Waals surface area contributed by atoms with Gasteiger partial charge in [0.2, 0.25) is 0 Å². The summed E-state index contributed by atoms with van der Waals surface area (Å²) in [7, 11) is 0. The molecule has 0 fully saturated rings. The summed E-state index contributed by atoms with van der Waals surface area (Å²) < 4.78 is 3.00. The first-order valence-electron chi connectivity index (χ1n) is 7.67. The van der Waals surface area contributed by atoms with Crippen molar-refractivity contribution in [3.05, 3.63) is 69.8 Å². The zero-order valence-corrected chi connectivity index (χ0v) is 13.8. The number of hydrogen-bond donors (Lipinski definition) is 0. The maximum Gasteiger partial charge on any atom is 0.262 e. The Morgan fingerprint density at radius 1 is 1.00 bits per heavy atom. The van der Waals surface area contributed by atoms with Gasteiger partial charge >= 0.3 is 0 Å². The molecule has 0 saturated carbocycles. The molecule has 2 nitrogen and oxygen atoms in total. The molecule has 0 unspecified atom stereocenters. The van der Waals surface area contributed by atoms with Crippen molar-refractivity contribution in [1.82, 2.24) is 4.57 Å². The molecule has 1 aliphatic rings. The highest BCUT2D eigenvalue weighted by atomic mass is 79.9. The summed E-state index contributed by atoms with van der Waals surface area (Å²) in [4.78, 5) is 13.0. The molecule has 3 aromatic rings. The first kappa shape index (κ1) is 13.8. The molecule has 3 heteroatoms. The SMILES string of the molecule is O=C(c1ccccc1)n1c2c(c3cc(Br)ccc31)CCCC2. The van der Waals surface area contributed by atoms with Gasteiger partial charge in [0.1, 0.15) is 0 Å². The zero-order valence-electron chi connectivity index (χ0n) is 12.2. The van der Waals surface area contributed by atoms with E-state index in [0.29, 0.717) is 0 Å². The molecule has 0 bridgehead atoms. The molecule has 0 spiro atoms. The van der Waals surface area contributed by atoms with E-state index in [-0.39, 0.29) is 5.91 Å². The van der Waals surface area contributed by atoms with E-state index in [4.69, 9.17) is 0 Å². The maximum absolute atomic E-state index is 13.0. The van der Waals surface area contributed by atoms with Gasteiger partial charge in [0, 0.05) is 21.1 Å². The van der Waals surface area contributed by atoms with Crippen LogP contribution < -0.4 is 0 Å². The molecule has 22 heavy (non-hydrogen) atoms. The van der Waals surface area contributed by atoms with Crippen molar-refractivity contribution in [1.29, 1.82) is 0 Å². The Hall–Kier alpha value is -1.87. The third-order valence-electron chi connectivity index (χ3n) is 4.46. The lowest BCUT2D eigenvalue weighted by Crippen LogP contribution is -2.17. The van der Waals surface area contributed by atoms with Crippen molar-refractivity contribution in [3.63, 3.8) is 0 Å². The summed E-state index contributed by atoms with van der Waals surface area (Å²) in [6.45, 7) is 0. The van der Waals surface area contributed by atoms with Crippen LogP contribution in [0.3, 0.4) is 0 Å². The fourth-order valence-electron chi connectivity index (χ4n) is 3.46. The summed E-state index contributed by atoms with van der Waals surface area (Å²) in [6, 6.07) is 15.8. The molecule has 1 aromatic heterocycles. The van der Waals surface area contributed by atoms with E-state index in [9.17, 15) is 4.79 Å². The van der Waals surface area contributed by atoms with Gasteiger partial charge in [0.05, 0.1) is 5.52 Å². The van der Waals surface area contributed by atoms with Gasteiger partial charge in [0.15, 0.2) is 0 Å². The second-order valence-corrected chi connectivity index (χ2v) is 6.72. The average molecular weight is 354 g/mol. The van der Waals surface area contributed by atoms with Gasteiger partial charge in [-0.05, 0) is 61.6 Å². The number of fused-ring (bicyclic) bond motifs is 3. The molecular weight excluding hydrogens is 338 g/mol. The van der Waals surface area contributed by atoms with Gasteiger partial charge < -0.3 is 0 Å². The zero-order chi connectivity index (χ0) is 15.1. The van der Waals surface area contributed by atoms with Crippen molar-refractivity contribution in [2.45, 2.75) is 25.7 Å². The Balaban J connectivity index is 1.99. The molecule has 1 aliphatic carbocycles. The van der Waals surface area contributed by atoms with Gasteiger partial charge in [-0.15, -0.1) is 0 Å². The van der Waals surface area contributed by atoms with E-state index in [1.54, 1.807) is 0 Å². The third kappa shape index (κ3) is 2.12. The highest BCUT2D eigenvalue weighted by Crippen LogP contribution is 2.34. The monoisotopic (exact) mass is 353 g/mol. The number of carbonyl (C=O) groups excluding carboxylic acids is 1. The van der Waals surface area contributed by atoms with Crippen molar-refractivity contribution in [3.8, 4) is 0 Å². The average Bonchev–Trinajstić information content (AvgIpc) is 2.89. The van der Waals surface area contributed by atoms with Crippen LogP contribution in [0.4, 0.5) is 0 Å². The van der Waals surface area contributed by atoms with Crippen LogP contribution in [-0.4, -0.2) is 10.5 Å². The number of nitrogens with zero attached hydrogens (tertiary/aromatic N) is 1. The van der Waals surface area contributed by atoms with Crippen LogP contribution in [0, 0.1) is 0 Å². The second kappa shape index (κ2) is 5.40. The molecule has 110 valence electrons. The fraction of sp³-hybridized carbons (Fsp3) is 0.211. The summed E-state index contributed by atoms with van der Waals surface area (Å²) in [5.74, 6) is 0.0797. The van der Waals surface area contributed by atoms with Gasteiger partial charge in [-0.3, -0.25) is 9.36 Å². The maximum atomic E-state index is 13.0. The van der Waals surface area contributed by atoms with Crippen LogP contribution in [0.15, 0.2) is 53.0 Å². The fourth-order valence-corrected chi connectivity index (χ4v) is 3.82. The minimum absolute atomic E-state index is 0.0797. The summed E-state index contributed by atoms with van der Waals surface area (Å²) in [6.07, 6.45) is 4.42. The summed E-state index contributed by atoms with van der Waals surface area (Å²) in [5.41, 5.74) is 4.33. The van der Waals surface area contributed by atoms with Gasteiger partial charge in [-0.25, -0.2) is 0 Å². The summed E-state index contributed by atoms with van der Waals surface area (Å²) in [5, 5.41) is 1.22. The third-order valence-corrected chi connectivity index (χ3v) is 4.95. The molecule has 0 radical (unpaired) electrons. The van der Waals surface area contributed by atoms with E-state index >= 15 is 0 Å². The van der Waals surface area contributed by atoms with Crippen LogP contribution >= 0.6 is 15.9 Å². The van der Waals surface area contributed by atoms with Gasteiger partial charge in [-0.1, -0.05) is 34.1 Å². The van der Waals surface area contributed by atoms with E-state index in [1.165, 1.54) is 23.1 Å². The number of benzene rings is 2. The molecular formula is C19H16BrNO. The standard InChI is InChI=1S/C19H16BrNO/c20-14-10-11-18-16(12-14)15-8-4-5-9-17(15)21(18)19(22)13-6-2-1-3-7-13/h1-3,6-7,10-12H,4-5,8-9H2. The van der Waals surface area contributed by atoms with Gasteiger partial charge in [-0.2, -0.15) is 0 Å². The number of carbonyl (C=O) groups is 1. The molecule has 0 atom stereocenters. The van der Waals surface area contributed by atoms with E-state index in [2.05, 4.69) is 28.1 Å². The predicted molar refractivity (Wildman–Crippen MR) is 92.5 cm³/mol. The molecule has 0 aliphatic heterocycles. The lowest BCUT2D eigenvalue weighted by atomic mass is 9.95. The van der Waals surface area contributed by atoms with Crippen molar-refractivity contribution >= 4 is 32.7 Å². The Morgan fingerprint density at radius 3 is 2.59 bits per heavy atom. The Kier molecular flexibility index (Phi) is 3.38. The number of aryl methyl sites for hydroxylation is 1. The number of halogens is 1. The normalized spacial score (nSPS) is 14.0. The Morgan fingerprint density at radius 2 is 1.77 bits per heavy atom. The minimum Gasteiger partial charge on any atom is -0.280 e. The molecule has 1 heterocycles. The van der Waals surface area contributed by atoms with Crippen molar-refractivity contribution in [2.24, 2.45) is 0 Å². The van der Waals surface area contributed by atoms with Crippen LogP contribution in [0.5, 0.6) is 0 Å². The smallest absolute Gasteiger partial charge is 0.262 e. The number of aromatic nitrogens is 1. The quantitative estimate of drug-likeness (QED) is 0.605.